The molecule has 1 atom stereocenters. The lowest BCUT2D eigenvalue weighted by molar-refractivity contribution is -0.127. The summed E-state index contributed by atoms with van der Waals surface area (Å²) in [5.41, 5.74) is 1.20. The molecule has 1 fully saturated rings. The van der Waals surface area contributed by atoms with E-state index < -0.39 is 0 Å². The van der Waals surface area contributed by atoms with Crippen molar-refractivity contribution in [3.05, 3.63) is 34.9 Å². The quantitative estimate of drug-likeness (QED) is 0.775. The van der Waals surface area contributed by atoms with Crippen molar-refractivity contribution in [2.24, 2.45) is 11.3 Å². The molecule has 1 nitrogen and oxygen atoms in total. The third-order valence-electron chi connectivity index (χ3n) is 4.16. The normalized spacial score (nSPS) is 22.7. The molecule has 2 heteroatoms. The van der Waals surface area contributed by atoms with Crippen LogP contribution in [0, 0.1) is 11.3 Å². The molecule has 0 amide bonds. The zero-order valence-corrected chi connectivity index (χ0v) is 12.0. The van der Waals surface area contributed by atoms with Crippen LogP contribution in [-0.2, 0) is 11.2 Å². The Morgan fingerprint density at radius 3 is 2.83 bits per heavy atom. The molecule has 1 aromatic carbocycles. The van der Waals surface area contributed by atoms with E-state index >= 15 is 0 Å². The van der Waals surface area contributed by atoms with E-state index in [0.717, 1.165) is 12.0 Å². The highest BCUT2D eigenvalue weighted by Gasteiger charge is 2.36. The van der Waals surface area contributed by atoms with Crippen molar-refractivity contribution in [1.29, 1.82) is 0 Å². The van der Waals surface area contributed by atoms with Gasteiger partial charge in [0.05, 0.1) is 0 Å². The van der Waals surface area contributed by atoms with Gasteiger partial charge in [-0.15, -0.1) is 0 Å². The van der Waals surface area contributed by atoms with E-state index in [1.807, 2.05) is 24.3 Å². The second-order valence-electron chi connectivity index (χ2n) is 6.06. The first-order chi connectivity index (χ1) is 8.49. The van der Waals surface area contributed by atoms with E-state index in [1.165, 1.54) is 19.3 Å². The number of hydrogen-bond acceptors (Lipinski definition) is 1. The van der Waals surface area contributed by atoms with Gasteiger partial charge in [0.2, 0.25) is 0 Å². The highest BCUT2D eigenvalue weighted by atomic mass is 35.5. The summed E-state index contributed by atoms with van der Waals surface area (Å²) in [6.07, 6.45) is 5.18. The summed E-state index contributed by atoms with van der Waals surface area (Å²) in [7, 11) is 0. The van der Waals surface area contributed by atoms with Crippen molar-refractivity contribution >= 4 is 17.4 Å². The van der Waals surface area contributed by atoms with Gasteiger partial charge in [0, 0.05) is 17.4 Å². The minimum Gasteiger partial charge on any atom is -0.299 e. The molecule has 18 heavy (non-hydrogen) atoms. The number of hydrogen-bond donors (Lipinski definition) is 0. The highest BCUT2D eigenvalue weighted by Crippen LogP contribution is 2.41. The minimum atomic E-state index is 0.161. The third-order valence-corrected chi connectivity index (χ3v) is 4.40. The fourth-order valence-corrected chi connectivity index (χ4v) is 3.28. The number of benzene rings is 1. The molecule has 0 spiro atoms. The maximum Gasteiger partial charge on any atom is 0.140 e. The van der Waals surface area contributed by atoms with Crippen LogP contribution >= 0.6 is 11.6 Å². The van der Waals surface area contributed by atoms with Gasteiger partial charge in [0.15, 0.2) is 0 Å². The number of rotatable bonds is 3. The third kappa shape index (κ3) is 3.14. The van der Waals surface area contributed by atoms with E-state index in [1.54, 1.807) is 0 Å². The van der Waals surface area contributed by atoms with Crippen LogP contribution in [-0.4, -0.2) is 5.78 Å². The van der Waals surface area contributed by atoms with E-state index in [9.17, 15) is 4.79 Å². The van der Waals surface area contributed by atoms with Crippen LogP contribution in [0.5, 0.6) is 0 Å². The summed E-state index contributed by atoms with van der Waals surface area (Å²) in [5.74, 6) is 0.590. The summed E-state index contributed by atoms with van der Waals surface area (Å²) in [4.78, 5) is 12.5. The standard InChI is InChI=1S/C16H21ClO/c1-16(2)9-4-3-8-14(16)15(18)11-12-6-5-7-13(17)10-12/h5-7,10,14H,3-4,8-9,11H2,1-2H3. The second kappa shape index (κ2) is 5.44. The molecule has 0 aliphatic heterocycles. The van der Waals surface area contributed by atoms with Crippen LogP contribution in [0.1, 0.15) is 45.1 Å². The van der Waals surface area contributed by atoms with Crippen LogP contribution in [0.25, 0.3) is 0 Å². The van der Waals surface area contributed by atoms with Gasteiger partial charge in [-0.3, -0.25) is 4.79 Å². The number of carbonyl (C=O) groups excluding carboxylic acids is 1. The zero-order valence-electron chi connectivity index (χ0n) is 11.2. The molecule has 0 radical (unpaired) electrons. The molecule has 0 heterocycles. The lowest BCUT2D eigenvalue weighted by Crippen LogP contribution is -2.34. The smallest absolute Gasteiger partial charge is 0.140 e. The fourth-order valence-electron chi connectivity index (χ4n) is 3.06. The van der Waals surface area contributed by atoms with E-state index in [4.69, 9.17) is 11.6 Å². The monoisotopic (exact) mass is 264 g/mol. The molecule has 1 saturated carbocycles. The van der Waals surface area contributed by atoms with Crippen molar-refractivity contribution < 1.29 is 4.79 Å². The minimum absolute atomic E-state index is 0.161. The van der Waals surface area contributed by atoms with Crippen LogP contribution < -0.4 is 0 Å². The summed E-state index contributed by atoms with van der Waals surface area (Å²) < 4.78 is 0. The molecule has 0 aromatic heterocycles. The molecule has 0 N–H and O–H groups in total. The van der Waals surface area contributed by atoms with Gasteiger partial charge in [-0.2, -0.15) is 0 Å². The van der Waals surface area contributed by atoms with Gasteiger partial charge in [-0.25, -0.2) is 0 Å². The SMILES string of the molecule is CC1(C)CCCCC1C(=O)Cc1cccc(Cl)c1. The Hall–Kier alpha value is -0.820. The molecule has 1 aliphatic rings. The van der Waals surface area contributed by atoms with Crippen LogP contribution in [0.15, 0.2) is 24.3 Å². The Morgan fingerprint density at radius 1 is 1.39 bits per heavy atom. The second-order valence-corrected chi connectivity index (χ2v) is 6.50. The van der Waals surface area contributed by atoms with Crippen molar-refractivity contribution in [3.63, 3.8) is 0 Å². The number of ketones is 1. The lowest BCUT2D eigenvalue weighted by atomic mass is 9.66. The first-order valence-corrected chi connectivity index (χ1v) is 7.14. The largest absolute Gasteiger partial charge is 0.299 e. The summed E-state index contributed by atoms with van der Waals surface area (Å²) >= 11 is 5.96. The maximum atomic E-state index is 12.5. The molecule has 2 rings (SSSR count). The number of halogens is 1. The van der Waals surface area contributed by atoms with E-state index in [-0.39, 0.29) is 11.3 Å². The Kier molecular flexibility index (Phi) is 4.11. The van der Waals surface area contributed by atoms with E-state index in [2.05, 4.69) is 13.8 Å². The van der Waals surface area contributed by atoms with Crippen LogP contribution in [0.3, 0.4) is 0 Å². The summed E-state index contributed by atoms with van der Waals surface area (Å²) in [6.45, 7) is 4.46. The van der Waals surface area contributed by atoms with Gasteiger partial charge in [-0.1, -0.05) is 50.4 Å². The Balaban J connectivity index is 2.07. The Bertz CT molecular complexity index is 436. The Labute approximate surface area is 115 Å². The molecule has 1 aliphatic carbocycles. The molecular weight excluding hydrogens is 244 g/mol. The van der Waals surface area contributed by atoms with Crippen molar-refractivity contribution in [2.75, 3.05) is 0 Å². The molecule has 0 bridgehead atoms. The highest BCUT2D eigenvalue weighted by molar-refractivity contribution is 6.30. The summed E-state index contributed by atoms with van der Waals surface area (Å²) in [5, 5.41) is 0.711. The van der Waals surface area contributed by atoms with Gasteiger partial charge in [-0.05, 0) is 36.0 Å². The lowest BCUT2D eigenvalue weighted by Gasteiger charge is -2.37. The van der Waals surface area contributed by atoms with Gasteiger partial charge in [0.25, 0.3) is 0 Å². The topological polar surface area (TPSA) is 17.1 Å². The van der Waals surface area contributed by atoms with Crippen molar-refractivity contribution in [1.82, 2.24) is 0 Å². The predicted molar refractivity (Wildman–Crippen MR) is 75.9 cm³/mol. The van der Waals surface area contributed by atoms with Crippen LogP contribution in [0.4, 0.5) is 0 Å². The van der Waals surface area contributed by atoms with Crippen molar-refractivity contribution in [2.45, 2.75) is 46.0 Å². The average Bonchev–Trinajstić information content (AvgIpc) is 2.28. The maximum absolute atomic E-state index is 12.5. The molecular formula is C16H21ClO. The first-order valence-electron chi connectivity index (χ1n) is 6.76. The van der Waals surface area contributed by atoms with Gasteiger partial charge >= 0.3 is 0 Å². The predicted octanol–water partition coefficient (Wildman–Crippen LogP) is 4.67. The average molecular weight is 265 g/mol. The molecule has 1 unspecified atom stereocenters. The number of carbonyl (C=O) groups is 1. The summed E-state index contributed by atoms with van der Waals surface area (Å²) in [6, 6.07) is 7.64. The van der Waals surface area contributed by atoms with Crippen molar-refractivity contribution in [3.8, 4) is 0 Å². The Morgan fingerprint density at radius 2 is 2.17 bits per heavy atom. The molecule has 98 valence electrons. The zero-order chi connectivity index (χ0) is 13.2. The molecule has 0 saturated heterocycles. The van der Waals surface area contributed by atoms with Gasteiger partial charge in [0.1, 0.15) is 5.78 Å². The molecule has 1 aromatic rings. The first kappa shape index (κ1) is 13.6. The fraction of sp³-hybridized carbons (Fsp3) is 0.562. The van der Waals surface area contributed by atoms with Gasteiger partial charge < -0.3 is 0 Å². The van der Waals surface area contributed by atoms with E-state index in [0.29, 0.717) is 17.2 Å². The number of Topliss-reactive ketones (excluding diaryl/α,β-unsaturated/α-hetero) is 1. The van der Waals surface area contributed by atoms with Crippen LogP contribution in [0.2, 0.25) is 5.02 Å².